The molecule has 0 saturated carbocycles. The first-order valence-electron chi connectivity index (χ1n) is 0. The van der Waals surface area contributed by atoms with Gasteiger partial charge in [-0.05, 0) is 0 Å². The summed E-state index contributed by atoms with van der Waals surface area (Å²) in [5.74, 6) is 0. The molecule has 0 atom stereocenters. The van der Waals surface area contributed by atoms with E-state index in [1.54, 1.807) is 0 Å². The molecule has 0 rings (SSSR count). The fourth-order valence-electron chi connectivity index (χ4n) is 0. The summed E-state index contributed by atoms with van der Waals surface area (Å²) >= 11 is 0. The minimum Gasteiger partial charge on any atom is -2.00 e. The van der Waals surface area contributed by atoms with Crippen LogP contribution in [0.2, 0.25) is 0 Å². The molecule has 0 saturated heterocycles. The van der Waals surface area contributed by atoms with Crippen LogP contribution in [0.3, 0.4) is 0 Å². The topological polar surface area (TPSA) is 28.5 Å². The van der Waals surface area contributed by atoms with Crippen LogP contribution in [0.25, 0.3) is 0 Å². The van der Waals surface area contributed by atoms with E-state index >= 15 is 0 Å². The SMILES string of the molecule is [O-2].[Ta+5].[Ta+5].[Ta+5]. The molecule has 0 spiro atoms. The van der Waals surface area contributed by atoms with Crippen molar-refractivity contribution in [2.45, 2.75) is 0 Å². The van der Waals surface area contributed by atoms with E-state index in [0.717, 1.165) is 0 Å². The molecular weight excluding hydrogens is 559 g/mol. The van der Waals surface area contributed by atoms with Gasteiger partial charge in [-0.15, -0.1) is 0 Å². The summed E-state index contributed by atoms with van der Waals surface area (Å²) in [6.45, 7) is 0. The summed E-state index contributed by atoms with van der Waals surface area (Å²) in [6, 6.07) is 0. The van der Waals surface area contributed by atoms with Crippen LogP contribution in [0.4, 0.5) is 0 Å². The van der Waals surface area contributed by atoms with Gasteiger partial charge in [0.1, 0.15) is 0 Å². The van der Waals surface area contributed by atoms with E-state index in [-0.39, 0.29) is 72.6 Å². The Morgan fingerprint density at radius 3 is 0.500 bits per heavy atom. The van der Waals surface area contributed by atoms with E-state index in [2.05, 4.69) is 0 Å². The number of hydrogen-bond acceptors (Lipinski definition) is 0. The van der Waals surface area contributed by atoms with Crippen LogP contribution in [0.5, 0.6) is 0 Å². The first kappa shape index (κ1) is 34.9. The van der Waals surface area contributed by atoms with Crippen molar-refractivity contribution in [2.24, 2.45) is 0 Å². The van der Waals surface area contributed by atoms with Crippen molar-refractivity contribution in [3.8, 4) is 0 Å². The van der Waals surface area contributed by atoms with Crippen molar-refractivity contribution < 1.29 is 72.6 Å². The van der Waals surface area contributed by atoms with Crippen LogP contribution >= 0.6 is 0 Å². The Balaban J connectivity index is 0. The molecule has 1 nitrogen and oxygen atoms in total. The van der Waals surface area contributed by atoms with Crippen LogP contribution in [0.1, 0.15) is 0 Å². The molecule has 0 bridgehead atoms. The van der Waals surface area contributed by atoms with Gasteiger partial charge in [-0.2, -0.15) is 0 Å². The van der Waals surface area contributed by atoms with E-state index in [4.69, 9.17) is 0 Å². The fraction of sp³-hybridized carbons (Fsp3) is 0. The molecule has 0 aliphatic heterocycles. The van der Waals surface area contributed by atoms with E-state index in [1.165, 1.54) is 0 Å². The zero-order chi connectivity index (χ0) is 0. The first-order valence-corrected chi connectivity index (χ1v) is 0. The molecule has 0 aliphatic rings. The summed E-state index contributed by atoms with van der Waals surface area (Å²) in [5.41, 5.74) is 0. The Labute approximate surface area is 71.7 Å². The van der Waals surface area contributed by atoms with Gasteiger partial charge in [0.05, 0.1) is 0 Å². The molecule has 0 N–H and O–H groups in total. The molecule has 0 fully saturated rings. The maximum Gasteiger partial charge on any atom is 5.00 e. The van der Waals surface area contributed by atoms with Crippen LogP contribution in [-0.4, -0.2) is 0 Å². The van der Waals surface area contributed by atoms with Gasteiger partial charge in [0.25, 0.3) is 0 Å². The maximum absolute atomic E-state index is 0. The molecule has 0 amide bonds. The molecule has 0 radical (unpaired) electrons. The Hall–Kier alpha value is 2.18. The second kappa shape index (κ2) is 19.0. The van der Waals surface area contributed by atoms with Gasteiger partial charge in [0.15, 0.2) is 0 Å². The summed E-state index contributed by atoms with van der Waals surface area (Å²) < 4.78 is 0. The predicted octanol–water partition coefficient (Wildman–Crippen LogP) is -0.126. The Bertz CT molecular complexity index is 3.25. The van der Waals surface area contributed by atoms with Gasteiger partial charge in [-0.25, -0.2) is 0 Å². The quantitative estimate of drug-likeness (QED) is 0.397. The van der Waals surface area contributed by atoms with Crippen molar-refractivity contribution >= 4 is 0 Å². The third kappa shape index (κ3) is 8.89. The zero-order valence-corrected chi connectivity index (χ0v) is 11.4. The monoisotopic (exact) mass is 559 g/mol. The second-order valence-corrected chi connectivity index (χ2v) is 0. The van der Waals surface area contributed by atoms with Gasteiger partial charge in [0, 0.05) is 0 Å². The van der Waals surface area contributed by atoms with Crippen molar-refractivity contribution in [1.82, 2.24) is 0 Å². The standard InChI is InChI=1S/O.3Ta/q-2;3*+5. The molecule has 4 heteroatoms. The Morgan fingerprint density at radius 1 is 0.500 bits per heavy atom. The molecule has 0 aromatic carbocycles. The Morgan fingerprint density at radius 2 is 0.500 bits per heavy atom. The summed E-state index contributed by atoms with van der Waals surface area (Å²) in [5, 5.41) is 0. The number of hydrogen-bond donors (Lipinski definition) is 0. The van der Waals surface area contributed by atoms with Gasteiger partial charge in [0.2, 0.25) is 0 Å². The molecule has 0 aromatic rings. The van der Waals surface area contributed by atoms with Crippen molar-refractivity contribution in [2.75, 3.05) is 0 Å². The smallest absolute Gasteiger partial charge is 2.00 e. The van der Waals surface area contributed by atoms with Crippen LogP contribution in [-0.2, 0) is 72.6 Å². The van der Waals surface area contributed by atoms with Gasteiger partial charge in [-0.3, -0.25) is 0 Å². The van der Waals surface area contributed by atoms with Crippen LogP contribution < -0.4 is 0 Å². The molecule has 8 valence electrons. The molecule has 0 aromatic heterocycles. The van der Waals surface area contributed by atoms with Gasteiger partial charge in [-0.1, -0.05) is 0 Å². The minimum absolute atomic E-state index is 0. The maximum atomic E-state index is 0. The third-order valence-electron chi connectivity index (χ3n) is 0. The normalized spacial score (nSPS) is 0. The van der Waals surface area contributed by atoms with Gasteiger partial charge >= 0.3 is 67.1 Å². The van der Waals surface area contributed by atoms with Crippen molar-refractivity contribution in [1.29, 1.82) is 0 Å². The zero-order valence-electron chi connectivity index (χ0n) is 1.75. The van der Waals surface area contributed by atoms with Gasteiger partial charge < -0.3 is 5.48 Å². The van der Waals surface area contributed by atoms with Crippen LogP contribution in [0.15, 0.2) is 0 Å². The van der Waals surface area contributed by atoms with E-state index in [1.807, 2.05) is 0 Å². The average Bonchev–Trinajstić information content (AvgIpc) is 0. The molecule has 4 heavy (non-hydrogen) atoms. The largest absolute Gasteiger partial charge is 5.00 e. The molecule has 0 heterocycles. The third-order valence-corrected chi connectivity index (χ3v) is 0. The predicted molar refractivity (Wildman–Crippen MR) is 0.686 cm³/mol. The molecular formula is OTa3+13. The molecule has 0 aliphatic carbocycles. The van der Waals surface area contributed by atoms with E-state index in [9.17, 15) is 0 Å². The minimum atomic E-state index is 0. The van der Waals surface area contributed by atoms with E-state index in [0.29, 0.717) is 0 Å². The van der Waals surface area contributed by atoms with Crippen LogP contribution in [0, 0.1) is 0 Å². The average molecular weight is 559 g/mol. The molecule has 0 unspecified atom stereocenters. The Kier molecular flexibility index (Phi) is 166. The van der Waals surface area contributed by atoms with Crippen molar-refractivity contribution in [3.05, 3.63) is 0 Å². The fourth-order valence-corrected chi connectivity index (χ4v) is 0. The summed E-state index contributed by atoms with van der Waals surface area (Å²) in [6.07, 6.45) is 0. The van der Waals surface area contributed by atoms with E-state index < -0.39 is 0 Å². The number of rotatable bonds is 0. The first-order chi connectivity index (χ1) is 0. The second-order valence-electron chi connectivity index (χ2n) is 0. The summed E-state index contributed by atoms with van der Waals surface area (Å²) in [7, 11) is 0. The van der Waals surface area contributed by atoms with Crippen molar-refractivity contribution in [3.63, 3.8) is 0 Å². The summed E-state index contributed by atoms with van der Waals surface area (Å²) in [4.78, 5) is 0.